The molecule has 3 rings (SSSR count). The number of aliphatic hydroxyl groups is 1. The summed E-state index contributed by atoms with van der Waals surface area (Å²) in [5, 5.41) is 9.50. The number of fused-ring (bicyclic) bond motifs is 1. The van der Waals surface area contributed by atoms with Gasteiger partial charge in [-0.1, -0.05) is 24.3 Å². The van der Waals surface area contributed by atoms with Crippen LogP contribution in [0.1, 0.15) is 34.7 Å². The van der Waals surface area contributed by atoms with Crippen LogP contribution in [0.5, 0.6) is 0 Å². The van der Waals surface area contributed by atoms with Gasteiger partial charge in [0.1, 0.15) is 0 Å². The highest BCUT2D eigenvalue weighted by Crippen LogP contribution is 2.37. The van der Waals surface area contributed by atoms with Crippen LogP contribution in [0.2, 0.25) is 0 Å². The average Bonchev–Trinajstić information content (AvgIpc) is 3.09. The topological polar surface area (TPSA) is 62.7 Å². The standard InChI is InChI=1S/C21H24N2O3/c1-26-21(25)9-5-16-4-7-19-18(13-16)6-8-20(19)23(11-12-24)15-17-3-2-10-22-14-17/h2-5,7,9-10,13-14,20,24H,6,8,11-12,15H2,1H3. The molecule has 136 valence electrons. The van der Waals surface area contributed by atoms with Crippen molar-refractivity contribution in [2.75, 3.05) is 20.3 Å². The smallest absolute Gasteiger partial charge is 0.330 e. The minimum Gasteiger partial charge on any atom is -0.466 e. The maximum atomic E-state index is 11.3. The molecular formula is C21H24N2O3. The van der Waals surface area contributed by atoms with Crippen molar-refractivity contribution >= 4 is 12.0 Å². The van der Waals surface area contributed by atoms with E-state index in [0.717, 1.165) is 30.5 Å². The van der Waals surface area contributed by atoms with E-state index in [1.807, 2.05) is 18.3 Å². The Hall–Kier alpha value is -2.50. The third-order valence-corrected chi connectivity index (χ3v) is 4.76. The minimum atomic E-state index is -0.353. The van der Waals surface area contributed by atoms with E-state index in [1.165, 1.54) is 24.3 Å². The number of aromatic nitrogens is 1. The minimum absolute atomic E-state index is 0.131. The van der Waals surface area contributed by atoms with Crippen LogP contribution in [0.4, 0.5) is 0 Å². The molecule has 0 amide bonds. The molecule has 0 saturated heterocycles. The van der Waals surface area contributed by atoms with Crippen molar-refractivity contribution in [2.24, 2.45) is 0 Å². The molecule has 0 aliphatic heterocycles. The number of aryl methyl sites for hydroxylation is 1. The Morgan fingerprint density at radius 1 is 1.42 bits per heavy atom. The maximum absolute atomic E-state index is 11.3. The van der Waals surface area contributed by atoms with Crippen molar-refractivity contribution in [3.63, 3.8) is 0 Å². The van der Waals surface area contributed by atoms with Crippen LogP contribution in [0, 0.1) is 0 Å². The molecule has 5 nitrogen and oxygen atoms in total. The van der Waals surface area contributed by atoms with Crippen molar-refractivity contribution in [1.82, 2.24) is 9.88 Å². The van der Waals surface area contributed by atoms with Gasteiger partial charge < -0.3 is 9.84 Å². The first-order valence-electron chi connectivity index (χ1n) is 8.84. The number of carbonyl (C=O) groups is 1. The van der Waals surface area contributed by atoms with Crippen LogP contribution in [0.25, 0.3) is 6.08 Å². The Bertz CT molecular complexity index is 774. The summed E-state index contributed by atoms with van der Waals surface area (Å²) < 4.78 is 4.64. The van der Waals surface area contributed by atoms with Gasteiger partial charge in [-0.3, -0.25) is 9.88 Å². The van der Waals surface area contributed by atoms with Crippen molar-refractivity contribution in [1.29, 1.82) is 0 Å². The highest BCUT2D eigenvalue weighted by molar-refractivity contribution is 5.86. The van der Waals surface area contributed by atoms with E-state index in [2.05, 4.69) is 32.8 Å². The normalized spacial score (nSPS) is 16.2. The number of aliphatic hydroxyl groups excluding tert-OH is 1. The fourth-order valence-electron chi connectivity index (χ4n) is 3.53. The van der Waals surface area contributed by atoms with Gasteiger partial charge in [-0.25, -0.2) is 4.79 Å². The summed E-state index contributed by atoms with van der Waals surface area (Å²) >= 11 is 0. The van der Waals surface area contributed by atoms with Crippen LogP contribution >= 0.6 is 0 Å². The Morgan fingerprint density at radius 3 is 3.04 bits per heavy atom. The lowest BCUT2D eigenvalue weighted by atomic mass is 10.0. The predicted molar refractivity (Wildman–Crippen MR) is 100 cm³/mol. The SMILES string of the molecule is COC(=O)C=Cc1ccc2c(c1)CCC2N(CCO)Cc1cccnc1. The lowest BCUT2D eigenvalue weighted by Gasteiger charge is -2.29. The van der Waals surface area contributed by atoms with Gasteiger partial charge in [-0.15, -0.1) is 0 Å². The van der Waals surface area contributed by atoms with Gasteiger partial charge >= 0.3 is 5.97 Å². The molecule has 0 fully saturated rings. The number of methoxy groups -OCH3 is 1. The number of pyridine rings is 1. The molecule has 0 spiro atoms. The molecule has 0 bridgehead atoms. The maximum Gasteiger partial charge on any atom is 0.330 e. The van der Waals surface area contributed by atoms with Crippen molar-refractivity contribution in [3.8, 4) is 0 Å². The zero-order valence-corrected chi connectivity index (χ0v) is 15.0. The van der Waals surface area contributed by atoms with Crippen LogP contribution in [0.15, 0.2) is 48.8 Å². The number of hydrogen-bond acceptors (Lipinski definition) is 5. The summed E-state index contributed by atoms with van der Waals surface area (Å²) in [6.45, 7) is 1.53. The molecule has 1 aromatic heterocycles. The predicted octanol–water partition coefficient (Wildman–Crippen LogP) is 2.75. The molecule has 0 saturated carbocycles. The van der Waals surface area contributed by atoms with E-state index < -0.39 is 0 Å². The second kappa shape index (κ2) is 8.74. The first-order valence-corrected chi connectivity index (χ1v) is 8.84. The summed E-state index contributed by atoms with van der Waals surface area (Å²) in [7, 11) is 1.37. The number of benzene rings is 1. The van der Waals surface area contributed by atoms with Gasteiger partial charge in [0.15, 0.2) is 0 Å². The van der Waals surface area contributed by atoms with Crippen LogP contribution in [0.3, 0.4) is 0 Å². The Morgan fingerprint density at radius 2 is 2.31 bits per heavy atom. The summed E-state index contributed by atoms with van der Waals surface area (Å²) in [6.07, 6.45) is 8.89. The van der Waals surface area contributed by atoms with Crippen LogP contribution in [-0.2, 0) is 22.5 Å². The molecule has 1 atom stereocenters. The largest absolute Gasteiger partial charge is 0.466 e. The number of nitrogens with zero attached hydrogens (tertiary/aromatic N) is 2. The van der Waals surface area contributed by atoms with Crippen molar-refractivity contribution in [2.45, 2.75) is 25.4 Å². The summed E-state index contributed by atoms with van der Waals surface area (Å²) in [5.74, 6) is -0.353. The van der Waals surface area contributed by atoms with E-state index in [4.69, 9.17) is 0 Å². The first-order chi connectivity index (χ1) is 12.7. The fraction of sp³-hybridized carbons (Fsp3) is 0.333. The number of ether oxygens (including phenoxy) is 1. The molecule has 1 unspecified atom stereocenters. The lowest BCUT2D eigenvalue weighted by molar-refractivity contribution is -0.134. The average molecular weight is 352 g/mol. The zero-order valence-electron chi connectivity index (χ0n) is 15.0. The van der Waals surface area contributed by atoms with Gasteiger partial charge in [0.2, 0.25) is 0 Å². The van der Waals surface area contributed by atoms with Crippen molar-refractivity contribution in [3.05, 3.63) is 71.1 Å². The second-order valence-electron chi connectivity index (χ2n) is 6.42. The molecular weight excluding hydrogens is 328 g/mol. The van der Waals surface area contributed by atoms with Gasteiger partial charge in [0, 0.05) is 37.6 Å². The first kappa shape index (κ1) is 18.3. The van der Waals surface area contributed by atoms with Crippen LogP contribution in [-0.4, -0.2) is 41.2 Å². The van der Waals surface area contributed by atoms with Gasteiger partial charge in [0.25, 0.3) is 0 Å². The van der Waals surface area contributed by atoms with Crippen LogP contribution < -0.4 is 0 Å². The summed E-state index contributed by atoms with van der Waals surface area (Å²) in [4.78, 5) is 17.8. The summed E-state index contributed by atoms with van der Waals surface area (Å²) in [6, 6.07) is 10.6. The molecule has 1 N–H and O–H groups in total. The molecule has 1 aliphatic carbocycles. The van der Waals surface area contributed by atoms with Gasteiger partial charge in [0.05, 0.1) is 13.7 Å². The van der Waals surface area contributed by atoms with Gasteiger partial charge in [-0.05, 0) is 47.2 Å². The Balaban J connectivity index is 1.78. The Labute approximate surface area is 153 Å². The van der Waals surface area contributed by atoms with Crippen molar-refractivity contribution < 1.29 is 14.6 Å². The third kappa shape index (κ3) is 4.36. The number of esters is 1. The molecule has 5 heteroatoms. The molecule has 1 aromatic carbocycles. The van der Waals surface area contributed by atoms with E-state index in [-0.39, 0.29) is 18.6 Å². The highest BCUT2D eigenvalue weighted by Gasteiger charge is 2.27. The van der Waals surface area contributed by atoms with E-state index in [0.29, 0.717) is 6.54 Å². The summed E-state index contributed by atoms with van der Waals surface area (Å²) in [5.41, 5.74) is 4.75. The number of hydrogen-bond donors (Lipinski definition) is 1. The second-order valence-corrected chi connectivity index (χ2v) is 6.42. The monoisotopic (exact) mass is 352 g/mol. The molecule has 26 heavy (non-hydrogen) atoms. The molecule has 0 radical (unpaired) electrons. The number of rotatable bonds is 7. The molecule has 1 aliphatic rings. The molecule has 1 heterocycles. The Kier molecular flexibility index (Phi) is 6.15. The lowest BCUT2D eigenvalue weighted by Crippen LogP contribution is -2.30. The number of carbonyl (C=O) groups excluding carboxylic acids is 1. The quantitative estimate of drug-likeness (QED) is 0.613. The highest BCUT2D eigenvalue weighted by atomic mass is 16.5. The van der Waals surface area contributed by atoms with E-state index in [9.17, 15) is 9.90 Å². The van der Waals surface area contributed by atoms with E-state index >= 15 is 0 Å². The molecule has 2 aromatic rings. The van der Waals surface area contributed by atoms with E-state index in [1.54, 1.807) is 12.3 Å². The fourth-order valence-corrected chi connectivity index (χ4v) is 3.53. The third-order valence-electron chi connectivity index (χ3n) is 4.76. The van der Waals surface area contributed by atoms with Gasteiger partial charge in [-0.2, -0.15) is 0 Å². The zero-order chi connectivity index (χ0) is 18.4.